The minimum absolute atomic E-state index is 0.699. The zero-order valence-electron chi connectivity index (χ0n) is 15.4. The Bertz CT molecular complexity index is 903. The van der Waals surface area contributed by atoms with Gasteiger partial charge in [-0.2, -0.15) is 10.1 Å². The van der Waals surface area contributed by atoms with E-state index in [1.54, 1.807) is 13.3 Å². The lowest BCUT2D eigenvalue weighted by Gasteiger charge is -2.26. The normalized spacial score (nSPS) is 14.2. The third-order valence-electron chi connectivity index (χ3n) is 4.57. The summed E-state index contributed by atoms with van der Waals surface area (Å²) < 4.78 is 10.6. The molecule has 0 radical (unpaired) electrons. The molecule has 140 valence electrons. The van der Waals surface area contributed by atoms with E-state index in [4.69, 9.17) is 9.47 Å². The highest BCUT2D eigenvalue weighted by molar-refractivity contribution is 5.71. The fourth-order valence-electron chi connectivity index (χ4n) is 3.01. The van der Waals surface area contributed by atoms with E-state index in [1.807, 2.05) is 37.3 Å². The fourth-order valence-corrected chi connectivity index (χ4v) is 3.01. The van der Waals surface area contributed by atoms with E-state index in [-0.39, 0.29) is 0 Å². The summed E-state index contributed by atoms with van der Waals surface area (Å²) in [6.45, 7) is 5.02. The summed E-state index contributed by atoms with van der Waals surface area (Å²) in [6.07, 6.45) is 1.76. The lowest BCUT2D eigenvalue weighted by Crippen LogP contribution is -2.37. The van der Waals surface area contributed by atoms with E-state index in [1.165, 1.54) is 0 Å². The Morgan fingerprint density at radius 3 is 2.67 bits per heavy atom. The maximum atomic E-state index is 5.39. The van der Waals surface area contributed by atoms with Crippen LogP contribution in [0.15, 0.2) is 36.5 Å². The highest BCUT2D eigenvalue weighted by Gasteiger charge is 2.15. The molecular formula is C19H22N6O2. The van der Waals surface area contributed by atoms with Gasteiger partial charge >= 0.3 is 0 Å². The summed E-state index contributed by atoms with van der Waals surface area (Å²) in [4.78, 5) is 11.1. The van der Waals surface area contributed by atoms with Crippen LogP contribution in [-0.2, 0) is 4.74 Å². The first kappa shape index (κ1) is 17.3. The van der Waals surface area contributed by atoms with Crippen LogP contribution >= 0.6 is 0 Å². The van der Waals surface area contributed by atoms with Gasteiger partial charge in [-0.15, -0.1) is 0 Å². The molecule has 3 aromatic rings. The van der Waals surface area contributed by atoms with E-state index in [9.17, 15) is 0 Å². The maximum Gasteiger partial charge on any atom is 0.227 e. The van der Waals surface area contributed by atoms with Gasteiger partial charge in [0.15, 0.2) is 5.82 Å². The summed E-state index contributed by atoms with van der Waals surface area (Å²) in [6, 6.07) is 9.71. The topological polar surface area (TPSA) is 88.2 Å². The lowest BCUT2D eigenvalue weighted by atomic mass is 10.1. The first-order chi connectivity index (χ1) is 13.2. The number of nitrogens with one attached hydrogen (secondary N) is 2. The van der Waals surface area contributed by atoms with Crippen molar-refractivity contribution in [3.8, 4) is 17.0 Å². The highest BCUT2D eigenvalue weighted by atomic mass is 16.5. The van der Waals surface area contributed by atoms with Crippen LogP contribution in [0.5, 0.6) is 5.75 Å². The van der Waals surface area contributed by atoms with Crippen molar-refractivity contribution in [2.24, 2.45) is 0 Å². The van der Waals surface area contributed by atoms with Crippen molar-refractivity contribution in [1.82, 2.24) is 20.2 Å². The van der Waals surface area contributed by atoms with Gasteiger partial charge in [-0.05, 0) is 37.3 Å². The van der Waals surface area contributed by atoms with Crippen molar-refractivity contribution in [2.45, 2.75) is 6.92 Å². The van der Waals surface area contributed by atoms with Gasteiger partial charge in [0, 0.05) is 30.4 Å². The molecule has 0 unspecified atom stereocenters. The number of aromatic amines is 1. The Morgan fingerprint density at radius 2 is 1.93 bits per heavy atom. The van der Waals surface area contributed by atoms with Gasteiger partial charge in [-0.1, -0.05) is 0 Å². The molecule has 0 amide bonds. The van der Waals surface area contributed by atoms with E-state index < -0.39 is 0 Å². The molecule has 3 heterocycles. The van der Waals surface area contributed by atoms with Gasteiger partial charge in [0.1, 0.15) is 11.6 Å². The predicted octanol–water partition coefficient (Wildman–Crippen LogP) is 2.76. The van der Waals surface area contributed by atoms with Gasteiger partial charge in [-0.25, -0.2) is 4.98 Å². The van der Waals surface area contributed by atoms with Crippen molar-refractivity contribution in [3.63, 3.8) is 0 Å². The number of aromatic nitrogens is 4. The first-order valence-electron chi connectivity index (χ1n) is 8.87. The van der Waals surface area contributed by atoms with Crippen molar-refractivity contribution in [1.29, 1.82) is 0 Å². The zero-order chi connectivity index (χ0) is 18.6. The van der Waals surface area contributed by atoms with Crippen LogP contribution in [0.25, 0.3) is 11.3 Å². The molecular weight excluding hydrogens is 344 g/mol. The van der Waals surface area contributed by atoms with Crippen LogP contribution in [-0.4, -0.2) is 53.6 Å². The van der Waals surface area contributed by atoms with E-state index in [0.717, 1.165) is 41.5 Å². The van der Waals surface area contributed by atoms with Crippen LogP contribution in [0.1, 0.15) is 5.56 Å². The Balaban J connectivity index is 1.54. The third-order valence-corrected chi connectivity index (χ3v) is 4.57. The van der Waals surface area contributed by atoms with Gasteiger partial charge < -0.3 is 19.7 Å². The van der Waals surface area contributed by atoms with E-state index >= 15 is 0 Å². The molecule has 27 heavy (non-hydrogen) atoms. The van der Waals surface area contributed by atoms with Crippen LogP contribution in [0.3, 0.4) is 0 Å². The first-order valence-corrected chi connectivity index (χ1v) is 8.87. The maximum absolute atomic E-state index is 5.39. The fraction of sp³-hybridized carbons (Fsp3) is 0.316. The monoisotopic (exact) mass is 366 g/mol. The summed E-state index contributed by atoms with van der Waals surface area (Å²) in [5.74, 6) is 2.98. The number of hydrogen-bond acceptors (Lipinski definition) is 7. The predicted molar refractivity (Wildman–Crippen MR) is 104 cm³/mol. The standard InChI is InChI=1S/C19H22N6O2/c1-13-17(14-3-5-15(26-2)6-4-14)23-24-18(13)21-16-7-8-20-19(22-16)25-9-11-27-12-10-25/h3-8H,9-12H2,1-2H3,(H2,20,21,22,23,24). The van der Waals surface area contributed by atoms with Gasteiger partial charge in [-0.3, -0.25) is 5.10 Å². The number of hydrogen-bond donors (Lipinski definition) is 2. The summed E-state index contributed by atoms with van der Waals surface area (Å²) in [5, 5.41) is 10.8. The van der Waals surface area contributed by atoms with Crippen LogP contribution in [0.2, 0.25) is 0 Å². The molecule has 8 heteroatoms. The Kier molecular flexibility index (Phi) is 4.88. The molecule has 0 bridgehead atoms. The smallest absolute Gasteiger partial charge is 0.227 e. The molecule has 1 saturated heterocycles. The number of H-pyrrole nitrogens is 1. The molecule has 0 saturated carbocycles. The number of methoxy groups -OCH3 is 1. The van der Waals surface area contributed by atoms with Gasteiger partial charge in [0.25, 0.3) is 0 Å². The van der Waals surface area contributed by atoms with Crippen molar-refractivity contribution >= 4 is 17.6 Å². The number of nitrogens with zero attached hydrogens (tertiary/aromatic N) is 4. The highest BCUT2D eigenvalue weighted by Crippen LogP contribution is 2.28. The number of rotatable bonds is 5. The Morgan fingerprint density at radius 1 is 1.15 bits per heavy atom. The summed E-state index contributed by atoms with van der Waals surface area (Å²) in [7, 11) is 1.66. The zero-order valence-corrected chi connectivity index (χ0v) is 15.4. The van der Waals surface area contributed by atoms with Crippen LogP contribution in [0, 0.1) is 6.92 Å². The number of anilines is 3. The molecule has 1 aliphatic rings. The van der Waals surface area contributed by atoms with Gasteiger partial charge in [0.05, 0.1) is 26.0 Å². The minimum atomic E-state index is 0.699. The molecule has 2 N–H and O–H groups in total. The second kappa shape index (κ2) is 7.63. The second-order valence-corrected chi connectivity index (χ2v) is 6.27. The van der Waals surface area contributed by atoms with Crippen LogP contribution in [0.4, 0.5) is 17.6 Å². The average Bonchev–Trinajstić information content (AvgIpc) is 3.09. The van der Waals surface area contributed by atoms with Crippen molar-refractivity contribution < 1.29 is 9.47 Å². The molecule has 1 aromatic carbocycles. The molecule has 0 atom stereocenters. The van der Waals surface area contributed by atoms with E-state index in [0.29, 0.717) is 25.0 Å². The largest absolute Gasteiger partial charge is 0.497 e. The Labute approximate surface area is 157 Å². The van der Waals surface area contributed by atoms with Crippen LogP contribution < -0.4 is 15.0 Å². The van der Waals surface area contributed by atoms with Gasteiger partial charge in [0.2, 0.25) is 5.95 Å². The summed E-state index contributed by atoms with van der Waals surface area (Å²) in [5.41, 5.74) is 3.03. The Hall–Kier alpha value is -3.13. The SMILES string of the molecule is COc1ccc(-c2[nH]nc(Nc3ccnc(N4CCOCC4)n3)c2C)cc1. The average molecular weight is 366 g/mol. The lowest BCUT2D eigenvalue weighted by molar-refractivity contribution is 0.122. The second-order valence-electron chi connectivity index (χ2n) is 6.27. The summed E-state index contributed by atoms with van der Waals surface area (Å²) >= 11 is 0. The molecule has 1 fully saturated rings. The molecule has 0 aliphatic carbocycles. The molecule has 8 nitrogen and oxygen atoms in total. The van der Waals surface area contributed by atoms with Crippen molar-refractivity contribution in [2.75, 3.05) is 43.6 Å². The molecule has 4 rings (SSSR count). The number of morpholine rings is 1. The minimum Gasteiger partial charge on any atom is -0.497 e. The molecule has 1 aliphatic heterocycles. The van der Waals surface area contributed by atoms with Crippen molar-refractivity contribution in [3.05, 3.63) is 42.1 Å². The third kappa shape index (κ3) is 3.70. The quantitative estimate of drug-likeness (QED) is 0.718. The molecule has 2 aromatic heterocycles. The number of benzene rings is 1. The number of ether oxygens (including phenoxy) is 2. The van der Waals surface area contributed by atoms with E-state index in [2.05, 4.69) is 30.4 Å². The molecule has 0 spiro atoms.